The number of hydrogen-bond donors (Lipinski definition) is 2. The molecule has 2 N–H and O–H groups in total. The Labute approximate surface area is 155 Å². The van der Waals surface area contributed by atoms with E-state index in [2.05, 4.69) is 30.7 Å². The monoisotopic (exact) mass is 362 g/mol. The number of benzene rings is 2. The van der Waals surface area contributed by atoms with Crippen molar-refractivity contribution in [2.75, 3.05) is 19.6 Å². The number of rotatable bonds is 5. The van der Waals surface area contributed by atoms with Crippen molar-refractivity contribution in [3.8, 4) is 11.5 Å². The van der Waals surface area contributed by atoms with Crippen molar-refractivity contribution in [2.45, 2.75) is 6.92 Å². The molecule has 0 bridgehead atoms. The van der Waals surface area contributed by atoms with E-state index < -0.39 is 0 Å². The van der Waals surface area contributed by atoms with Gasteiger partial charge in [-0.3, -0.25) is 0 Å². The smallest absolute Gasteiger partial charge is 0.265 e. The predicted octanol–water partition coefficient (Wildman–Crippen LogP) is 3.36. The Hall–Kier alpha value is -3.68. The number of nitrogens with zero attached hydrogens (tertiary/aromatic N) is 4. The first-order valence-electron chi connectivity index (χ1n) is 8.33. The second-order valence-corrected chi connectivity index (χ2v) is 5.88. The van der Waals surface area contributed by atoms with Crippen LogP contribution in [0.2, 0.25) is 0 Å². The number of aromatic nitrogens is 4. The molecule has 8 nitrogen and oxygen atoms in total. The SMILES string of the molecule is COc1ccc(/C(C)=N/Nc2nnc3c(n2)[nH]c2ccccc23)cc1OC. The third-order valence-corrected chi connectivity index (χ3v) is 4.25. The summed E-state index contributed by atoms with van der Waals surface area (Å²) in [6, 6.07) is 13.5. The normalized spacial score (nSPS) is 11.7. The van der Waals surface area contributed by atoms with Gasteiger partial charge in [0.2, 0.25) is 0 Å². The Morgan fingerprint density at radius 2 is 1.85 bits per heavy atom. The molecular weight excluding hydrogens is 344 g/mol. The van der Waals surface area contributed by atoms with Gasteiger partial charge < -0.3 is 14.5 Å². The molecule has 27 heavy (non-hydrogen) atoms. The summed E-state index contributed by atoms with van der Waals surface area (Å²) >= 11 is 0. The van der Waals surface area contributed by atoms with Gasteiger partial charge in [0.1, 0.15) is 5.52 Å². The maximum Gasteiger partial charge on any atom is 0.265 e. The molecule has 4 rings (SSSR count). The molecule has 2 aromatic heterocycles. The molecule has 0 aliphatic rings. The standard InChI is InChI=1S/C19H18N6O2/c1-11(12-8-9-15(26-2)16(10-12)27-3)22-24-19-21-18-17(23-25-19)13-6-4-5-7-14(13)20-18/h4-10H,1-3H3,(H2,20,21,24,25)/b22-11+. The molecule has 0 atom stereocenters. The number of H-pyrrole nitrogens is 1. The average molecular weight is 362 g/mol. The number of anilines is 1. The summed E-state index contributed by atoms with van der Waals surface area (Å²) in [5.74, 6) is 1.62. The van der Waals surface area contributed by atoms with Gasteiger partial charge in [-0.2, -0.15) is 10.1 Å². The number of ether oxygens (including phenoxy) is 2. The summed E-state index contributed by atoms with van der Waals surface area (Å²) < 4.78 is 10.6. The van der Waals surface area contributed by atoms with E-state index in [1.54, 1.807) is 14.2 Å². The molecular formula is C19H18N6O2. The number of hydrogen-bond acceptors (Lipinski definition) is 7. The molecule has 0 radical (unpaired) electrons. The van der Waals surface area contributed by atoms with Crippen LogP contribution < -0.4 is 14.9 Å². The van der Waals surface area contributed by atoms with Gasteiger partial charge in [0.05, 0.1) is 19.9 Å². The number of methoxy groups -OCH3 is 2. The molecule has 0 amide bonds. The maximum absolute atomic E-state index is 5.33. The van der Waals surface area contributed by atoms with Crippen molar-refractivity contribution >= 4 is 33.7 Å². The first kappa shape index (κ1) is 16.8. The molecule has 2 aromatic carbocycles. The highest BCUT2D eigenvalue weighted by atomic mass is 16.5. The van der Waals surface area contributed by atoms with E-state index in [0.29, 0.717) is 23.1 Å². The van der Waals surface area contributed by atoms with E-state index >= 15 is 0 Å². The van der Waals surface area contributed by atoms with Crippen LogP contribution in [0.4, 0.5) is 5.95 Å². The zero-order chi connectivity index (χ0) is 18.8. The van der Waals surface area contributed by atoms with Crippen LogP contribution in [0.5, 0.6) is 11.5 Å². The minimum Gasteiger partial charge on any atom is -0.493 e. The van der Waals surface area contributed by atoms with E-state index in [-0.39, 0.29) is 0 Å². The van der Waals surface area contributed by atoms with E-state index in [1.165, 1.54) is 0 Å². The second-order valence-electron chi connectivity index (χ2n) is 5.88. The van der Waals surface area contributed by atoms with Crippen molar-refractivity contribution in [1.82, 2.24) is 20.2 Å². The molecule has 0 aliphatic carbocycles. The van der Waals surface area contributed by atoms with Crippen LogP contribution in [0.15, 0.2) is 47.6 Å². The Balaban J connectivity index is 1.61. The largest absolute Gasteiger partial charge is 0.493 e. The Bertz CT molecular complexity index is 1150. The van der Waals surface area contributed by atoms with E-state index in [0.717, 1.165) is 27.7 Å². The van der Waals surface area contributed by atoms with Gasteiger partial charge in [-0.15, -0.1) is 10.2 Å². The van der Waals surface area contributed by atoms with Crippen LogP contribution in [0.1, 0.15) is 12.5 Å². The summed E-state index contributed by atoms with van der Waals surface area (Å²) in [7, 11) is 3.20. The summed E-state index contributed by atoms with van der Waals surface area (Å²) in [6.45, 7) is 1.88. The van der Waals surface area contributed by atoms with Gasteiger partial charge in [-0.05, 0) is 31.2 Å². The van der Waals surface area contributed by atoms with Crippen molar-refractivity contribution in [3.05, 3.63) is 48.0 Å². The Morgan fingerprint density at radius 1 is 1.04 bits per heavy atom. The first-order valence-corrected chi connectivity index (χ1v) is 8.33. The zero-order valence-corrected chi connectivity index (χ0v) is 15.1. The minimum absolute atomic E-state index is 0.314. The van der Waals surface area contributed by atoms with Crippen LogP contribution in [0, 0.1) is 0 Å². The second kappa shape index (κ2) is 6.91. The Kier molecular flexibility index (Phi) is 4.29. The van der Waals surface area contributed by atoms with E-state index in [9.17, 15) is 0 Å². The average Bonchev–Trinajstić information content (AvgIpc) is 3.09. The topological polar surface area (TPSA) is 97.3 Å². The third kappa shape index (κ3) is 3.12. The van der Waals surface area contributed by atoms with Crippen LogP contribution >= 0.6 is 0 Å². The van der Waals surface area contributed by atoms with Gasteiger partial charge in [0.25, 0.3) is 5.95 Å². The lowest BCUT2D eigenvalue weighted by Gasteiger charge is -2.09. The van der Waals surface area contributed by atoms with Crippen LogP contribution in [-0.4, -0.2) is 40.1 Å². The fourth-order valence-corrected chi connectivity index (χ4v) is 2.83. The van der Waals surface area contributed by atoms with Crippen LogP contribution in [-0.2, 0) is 0 Å². The van der Waals surface area contributed by atoms with Gasteiger partial charge in [-0.25, -0.2) is 5.43 Å². The van der Waals surface area contributed by atoms with Crippen LogP contribution in [0.3, 0.4) is 0 Å². The highest BCUT2D eigenvalue weighted by Gasteiger charge is 2.09. The molecule has 0 unspecified atom stereocenters. The van der Waals surface area contributed by atoms with Gasteiger partial charge in [0, 0.05) is 16.5 Å². The summed E-state index contributed by atoms with van der Waals surface area (Å²) in [6.07, 6.45) is 0. The van der Waals surface area contributed by atoms with E-state index in [4.69, 9.17) is 9.47 Å². The quantitative estimate of drug-likeness (QED) is 0.417. The fraction of sp³-hybridized carbons (Fsp3) is 0.158. The van der Waals surface area contributed by atoms with Crippen molar-refractivity contribution in [3.63, 3.8) is 0 Å². The highest BCUT2D eigenvalue weighted by molar-refractivity contribution is 6.03. The minimum atomic E-state index is 0.314. The lowest BCUT2D eigenvalue weighted by molar-refractivity contribution is 0.355. The van der Waals surface area contributed by atoms with Crippen LogP contribution in [0.25, 0.3) is 22.1 Å². The van der Waals surface area contributed by atoms with Gasteiger partial charge in [0.15, 0.2) is 17.1 Å². The molecule has 0 fully saturated rings. The lowest BCUT2D eigenvalue weighted by Crippen LogP contribution is -2.04. The molecule has 0 spiro atoms. The molecule has 8 heteroatoms. The fourth-order valence-electron chi connectivity index (χ4n) is 2.83. The third-order valence-electron chi connectivity index (χ3n) is 4.25. The summed E-state index contributed by atoms with van der Waals surface area (Å²) in [4.78, 5) is 7.68. The van der Waals surface area contributed by atoms with Gasteiger partial charge in [-0.1, -0.05) is 18.2 Å². The van der Waals surface area contributed by atoms with E-state index in [1.807, 2.05) is 49.4 Å². The number of para-hydroxylation sites is 1. The predicted molar refractivity (Wildman–Crippen MR) is 105 cm³/mol. The lowest BCUT2D eigenvalue weighted by atomic mass is 10.1. The maximum atomic E-state index is 5.33. The van der Waals surface area contributed by atoms with Crippen molar-refractivity contribution in [2.24, 2.45) is 5.10 Å². The molecule has 0 aliphatic heterocycles. The number of hydrazone groups is 1. The highest BCUT2D eigenvalue weighted by Crippen LogP contribution is 2.28. The number of nitrogens with one attached hydrogen (secondary N) is 2. The molecule has 0 saturated carbocycles. The number of aromatic amines is 1. The van der Waals surface area contributed by atoms with Crippen molar-refractivity contribution < 1.29 is 9.47 Å². The first-order chi connectivity index (χ1) is 13.2. The van der Waals surface area contributed by atoms with Gasteiger partial charge >= 0.3 is 0 Å². The zero-order valence-electron chi connectivity index (χ0n) is 15.1. The summed E-state index contributed by atoms with van der Waals surface area (Å²) in [5.41, 5.74) is 6.85. The molecule has 4 aromatic rings. The summed E-state index contributed by atoms with van der Waals surface area (Å²) in [5, 5.41) is 13.7. The molecule has 136 valence electrons. The van der Waals surface area contributed by atoms with Crippen molar-refractivity contribution in [1.29, 1.82) is 0 Å². The Morgan fingerprint density at radius 3 is 2.67 bits per heavy atom. The molecule has 2 heterocycles. The molecule has 0 saturated heterocycles. The number of fused-ring (bicyclic) bond motifs is 3.